The molecule has 4 N–H and O–H groups in total. The van der Waals surface area contributed by atoms with Gasteiger partial charge in [-0.3, -0.25) is 9.59 Å². The predicted octanol–water partition coefficient (Wildman–Crippen LogP) is 1.12. The number of aromatic nitrogens is 3. The molecule has 1 aromatic carbocycles. The lowest BCUT2D eigenvalue weighted by Gasteiger charge is -2.18. The number of carbonyl (C=O) groups is 2. The van der Waals surface area contributed by atoms with Gasteiger partial charge < -0.3 is 16.4 Å². The van der Waals surface area contributed by atoms with Crippen molar-refractivity contribution in [3.05, 3.63) is 59.0 Å². The van der Waals surface area contributed by atoms with Crippen molar-refractivity contribution in [3.8, 4) is 0 Å². The SMILES string of the molecule is NC(=O)c1cnn2c(C(=O)NCc3ccc4c(c3)CCCN4)ccnc12. The second-order valence-electron chi connectivity index (χ2n) is 6.19. The van der Waals surface area contributed by atoms with E-state index in [4.69, 9.17) is 5.73 Å². The number of aryl methyl sites for hydroxylation is 1. The Labute approximate surface area is 149 Å². The fraction of sp³-hybridized carbons (Fsp3) is 0.222. The molecule has 1 aliphatic rings. The maximum Gasteiger partial charge on any atom is 0.270 e. The average molecular weight is 350 g/mol. The van der Waals surface area contributed by atoms with Crippen LogP contribution in [0.2, 0.25) is 0 Å². The minimum Gasteiger partial charge on any atom is -0.385 e. The number of nitrogens with zero attached hydrogens (tertiary/aromatic N) is 3. The zero-order valence-corrected chi connectivity index (χ0v) is 14.0. The third kappa shape index (κ3) is 2.85. The van der Waals surface area contributed by atoms with Crippen LogP contribution in [0, 0.1) is 0 Å². The van der Waals surface area contributed by atoms with Gasteiger partial charge in [0.1, 0.15) is 11.3 Å². The summed E-state index contributed by atoms with van der Waals surface area (Å²) in [5.74, 6) is -0.930. The minimum absolute atomic E-state index is 0.182. The van der Waals surface area contributed by atoms with Gasteiger partial charge in [-0.1, -0.05) is 12.1 Å². The maximum atomic E-state index is 12.6. The number of benzene rings is 1. The maximum absolute atomic E-state index is 12.6. The van der Waals surface area contributed by atoms with E-state index in [1.807, 2.05) is 12.1 Å². The van der Waals surface area contributed by atoms with Crippen molar-refractivity contribution in [1.82, 2.24) is 19.9 Å². The normalized spacial score (nSPS) is 13.1. The number of fused-ring (bicyclic) bond motifs is 2. The number of rotatable bonds is 4. The van der Waals surface area contributed by atoms with Gasteiger partial charge >= 0.3 is 0 Å². The number of amides is 2. The van der Waals surface area contributed by atoms with E-state index in [9.17, 15) is 9.59 Å². The molecule has 3 aromatic rings. The summed E-state index contributed by atoms with van der Waals surface area (Å²) in [6, 6.07) is 7.71. The van der Waals surface area contributed by atoms with Crippen LogP contribution in [0.4, 0.5) is 5.69 Å². The molecule has 0 saturated carbocycles. The van der Waals surface area contributed by atoms with Gasteiger partial charge in [-0.05, 0) is 36.1 Å². The molecule has 0 fully saturated rings. The molecule has 2 amide bonds. The zero-order valence-electron chi connectivity index (χ0n) is 14.0. The molecular formula is C18H18N6O2. The van der Waals surface area contributed by atoms with Crippen molar-refractivity contribution < 1.29 is 9.59 Å². The van der Waals surface area contributed by atoms with Crippen molar-refractivity contribution >= 4 is 23.1 Å². The van der Waals surface area contributed by atoms with E-state index in [0.717, 1.165) is 30.6 Å². The Kier molecular flexibility index (Phi) is 4.00. The fourth-order valence-electron chi connectivity index (χ4n) is 3.15. The lowest BCUT2D eigenvalue weighted by molar-refractivity contribution is 0.0941. The summed E-state index contributed by atoms with van der Waals surface area (Å²) in [5, 5.41) is 10.3. The second-order valence-corrected chi connectivity index (χ2v) is 6.19. The summed E-state index contributed by atoms with van der Waals surface area (Å²) in [6.45, 7) is 1.40. The van der Waals surface area contributed by atoms with E-state index in [1.54, 1.807) is 6.07 Å². The van der Waals surface area contributed by atoms with Gasteiger partial charge in [0.15, 0.2) is 5.65 Å². The highest BCUT2D eigenvalue weighted by atomic mass is 16.2. The van der Waals surface area contributed by atoms with E-state index in [-0.39, 0.29) is 17.1 Å². The van der Waals surface area contributed by atoms with E-state index in [0.29, 0.717) is 12.2 Å². The fourth-order valence-corrected chi connectivity index (χ4v) is 3.15. The Balaban J connectivity index is 1.54. The molecule has 132 valence electrons. The van der Waals surface area contributed by atoms with Crippen LogP contribution in [-0.2, 0) is 13.0 Å². The number of anilines is 1. The molecule has 8 nitrogen and oxygen atoms in total. The van der Waals surface area contributed by atoms with Crippen LogP contribution in [0.1, 0.15) is 38.4 Å². The Hall–Kier alpha value is -3.42. The van der Waals surface area contributed by atoms with E-state index in [2.05, 4.69) is 26.8 Å². The first-order valence-electron chi connectivity index (χ1n) is 8.40. The third-order valence-electron chi connectivity index (χ3n) is 4.46. The zero-order chi connectivity index (χ0) is 18.1. The van der Waals surface area contributed by atoms with Gasteiger partial charge in [-0.25, -0.2) is 9.50 Å². The van der Waals surface area contributed by atoms with E-state index < -0.39 is 5.91 Å². The van der Waals surface area contributed by atoms with Crippen LogP contribution in [-0.4, -0.2) is 33.0 Å². The van der Waals surface area contributed by atoms with Crippen LogP contribution < -0.4 is 16.4 Å². The first-order chi connectivity index (χ1) is 12.6. The lowest BCUT2D eigenvalue weighted by atomic mass is 10.0. The highest BCUT2D eigenvalue weighted by Gasteiger charge is 2.17. The van der Waals surface area contributed by atoms with Gasteiger partial charge in [0.2, 0.25) is 0 Å². The third-order valence-corrected chi connectivity index (χ3v) is 4.46. The second kappa shape index (κ2) is 6.47. The first-order valence-corrected chi connectivity index (χ1v) is 8.40. The van der Waals surface area contributed by atoms with Gasteiger partial charge in [0, 0.05) is 25.0 Å². The molecule has 3 heterocycles. The summed E-state index contributed by atoms with van der Waals surface area (Å²) in [4.78, 5) is 28.1. The largest absolute Gasteiger partial charge is 0.385 e. The molecule has 0 radical (unpaired) electrons. The van der Waals surface area contributed by atoms with Gasteiger partial charge in [0.25, 0.3) is 11.8 Å². The lowest BCUT2D eigenvalue weighted by Crippen LogP contribution is -2.25. The summed E-state index contributed by atoms with van der Waals surface area (Å²) < 4.78 is 1.33. The van der Waals surface area contributed by atoms with Crippen LogP contribution in [0.5, 0.6) is 0 Å². The number of nitrogens with two attached hydrogens (primary N) is 1. The Morgan fingerprint density at radius 3 is 3.04 bits per heavy atom. The molecule has 2 aromatic heterocycles. The average Bonchev–Trinajstić information content (AvgIpc) is 3.10. The van der Waals surface area contributed by atoms with Crippen molar-refractivity contribution in [2.24, 2.45) is 5.73 Å². The number of hydrogen-bond donors (Lipinski definition) is 3. The highest BCUT2D eigenvalue weighted by molar-refractivity contribution is 5.99. The monoisotopic (exact) mass is 350 g/mol. The standard InChI is InChI=1S/C18H18N6O2/c19-16(25)13-10-23-24-15(5-7-21-17(13)24)18(26)22-9-11-3-4-14-12(8-11)2-1-6-20-14/h3-5,7-8,10,20H,1-2,6,9H2,(H2,19,25)(H,22,26). The van der Waals surface area contributed by atoms with Crippen LogP contribution in [0.3, 0.4) is 0 Å². The topological polar surface area (TPSA) is 114 Å². The minimum atomic E-state index is -0.632. The number of primary amides is 1. The summed E-state index contributed by atoms with van der Waals surface area (Å²) in [7, 11) is 0. The Morgan fingerprint density at radius 2 is 2.19 bits per heavy atom. The molecule has 0 atom stereocenters. The van der Waals surface area contributed by atoms with Crippen molar-refractivity contribution in [2.75, 3.05) is 11.9 Å². The van der Waals surface area contributed by atoms with Crippen LogP contribution in [0.25, 0.3) is 5.65 Å². The van der Waals surface area contributed by atoms with Gasteiger partial charge in [-0.2, -0.15) is 5.10 Å². The molecule has 1 aliphatic heterocycles. The molecular weight excluding hydrogens is 332 g/mol. The van der Waals surface area contributed by atoms with Crippen molar-refractivity contribution in [1.29, 1.82) is 0 Å². The smallest absolute Gasteiger partial charge is 0.270 e. The van der Waals surface area contributed by atoms with Crippen molar-refractivity contribution in [3.63, 3.8) is 0 Å². The van der Waals surface area contributed by atoms with Crippen molar-refractivity contribution in [2.45, 2.75) is 19.4 Å². The summed E-state index contributed by atoms with van der Waals surface area (Å²) in [6.07, 6.45) is 4.93. The molecule has 0 spiro atoms. The quantitative estimate of drug-likeness (QED) is 0.652. The van der Waals surface area contributed by atoms with E-state index >= 15 is 0 Å². The van der Waals surface area contributed by atoms with Crippen LogP contribution >= 0.6 is 0 Å². The molecule has 0 saturated heterocycles. The summed E-state index contributed by atoms with van der Waals surface area (Å²) in [5.41, 5.74) is 9.51. The predicted molar refractivity (Wildman–Crippen MR) is 95.9 cm³/mol. The molecule has 0 bridgehead atoms. The number of carbonyl (C=O) groups excluding carboxylic acids is 2. The van der Waals surface area contributed by atoms with Crippen LogP contribution in [0.15, 0.2) is 36.7 Å². The summed E-state index contributed by atoms with van der Waals surface area (Å²) >= 11 is 0. The molecule has 8 heteroatoms. The van der Waals surface area contributed by atoms with E-state index in [1.165, 1.54) is 22.5 Å². The molecule has 26 heavy (non-hydrogen) atoms. The Morgan fingerprint density at radius 1 is 1.31 bits per heavy atom. The number of hydrogen-bond acceptors (Lipinski definition) is 5. The molecule has 0 aliphatic carbocycles. The van der Waals surface area contributed by atoms with Gasteiger partial charge in [0.05, 0.1) is 6.20 Å². The van der Waals surface area contributed by atoms with Gasteiger partial charge in [-0.15, -0.1) is 0 Å². The Bertz CT molecular complexity index is 1010. The number of nitrogens with one attached hydrogen (secondary N) is 2. The highest BCUT2D eigenvalue weighted by Crippen LogP contribution is 2.22. The molecule has 4 rings (SSSR count). The first kappa shape index (κ1) is 16.1. The molecule has 0 unspecified atom stereocenters.